The van der Waals surface area contributed by atoms with Crippen LogP contribution in [0, 0.1) is 10.1 Å². The fraction of sp³-hybridized carbons (Fsp3) is 0.400. The minimum atomic E-state index is -0.615. The largest absolute Gasteiger partial charge is 0.481 e. The van der Waals surface area contributed by atoms with Crippen LogP contribution in [0.4, 0.5) is 5.69 Å². The van der Waals surface area contributed by atoms with E-state index in [0.29, 0.717) is 0 Å². The molecule has 0 amide bonds. The summed E-state index contributed by atoms with van der Waals surface area (Å²) >= 11 is 0. The highest BCUT2D eigenvalue weighted by Gasteiger charge is 2.24. The monoisotopic (exact) mass is 224 g/mol. The molecule has 0 aromatic carbocycles. The summed E-state index contributed by atoms with van der Waals surface area (Å²) in [7, 11) is 1.41. The number of pyridine rings is 1. The van der Waals surface area contributed by atoms with E-state index in [1.807, 2.05) is 0 Å². The quantitative estimate of drug-likeness (QED) is 0.574. The van der Waals surface area contributed by atoms with Crippen molar-refractivity contribution in [3.63, 3.8) is 0 Å². The minimum absolute atomic E-state index is 0.136. The molecule has 1 unspecified atom stereocenters. The molecule has 1 rings (SSSR count). The average Bonchev–Trinajstić information content (AvgIpc) is 2.26. The van der Waals surface area contributed by atoms with Gasteiger partial charge in [-0.15, -0.1) is 0 Å². The van der Waals surface area contributed by atoms with Gasteiger partial charge in [0.2, 0.25) is 5.88 Å². The smallest absolute Gasteiger partial charge is 0.291 e. The Bertz CT molecular complexity index is 431. The van der Waals surface area contributed by atoms with Crippen LogP contribution in [0.1, 0.15) is 25.5 Å². The summed E-state index contributed by atoms with van der Waals surface area (Å²) in [6.07, 6.45) is 0. The van der Waals surface area contributed by atoms with E-state index in [-0.39, 0.29) is 23.0 Å². The number of methoxy groups -OCH3 is 1. The normalized spacial score (nSPS) is 11.9. The summed E-state index contributed by atoms with van der Waals surface area (Å²) in [4.78, 5) is 25.4. The van der Waals surface area contributed by atoms with E-state index in [2.05, 4.69) is 4.98 Å². The Morgan fingerprint density at radius 2 is 2.19 bits per heavy atom. The van der Waals surface area contributed by atoms with E-state index in [1.165, 1.54) is 26.2 Å². The Hall–Kier alpha value is -1.98. The minimum Gasteiger partial charge on any atom is -0.481 e. The summed E-state index contributed by atoms with van der Waals surface area (Å²) < 4.78 is 4.87. The Morgan fingerprint density at radius 1 is 1.56 bits per heavy atom. The number of aromatic nitrogens is 1. The molecule has 0 aliphatic heterocycles. The molecule has 1 heterocycles. The molecule has 0 saturated carbocycles. The van der Waals surface area contributed by atoms with Gasteiger partial charge in [-0.3, -0.25) is 14.9 Å². The van der Waals surface area contributed by atoms with Crippen LogP contribution in [0.2, 0.25) is 0 Å². The molecule has 0 radical (unpaired) electrons. The number of rotatable bonds is 4. The third-order valence-corrected chi connectivity index (χ3v) is 2.30. The molecule has 0 spiro atoms. The molecule has 6 heteroatoms. The number of carbonyl (C=O) groups is 1. The van der Waals surface area contributed by atoms with Gasteiger partial charge in [0.15, 0.2) is 0 Å². The lowest BCUT2D eigenvalue weighted by Gasteiger charge is -2.08. The highest BCUT2D eigenvalue weighted by molar-refractivity contribution is 5.83. The second kappa shape index (κ2) is 4.69. The van der Waals surface area contributed by atoms with Crippen LogP contribution in [0.25, 0.3) is 0 Å². The van der Waals surface area contributed by atoms with Gasteiger partial charge < -0.3 is 4.74 Å². The lowest BCUT2D eigenvalue weighted by Crippen LogP contribution is -2.10. The number of Topliss-reactive ketones (excluding diaryl/α,β-unsaturated/α-hetero) is 1. The predicted molar refractivity (Wildman–Crippen MR) is 56.5 cm³/mol. The highest BCUT2D eigenvalue weighted by Crippen LogP contribution is 2.27. The number of hydrogen-bond acceptors (Lipinski definition) is 5. The van der Waals surface area contributed by atoms with Crippen molar-refractivity contribution in [3.05, 3.63) is 27.9 Å². The van der Waals surface area contributed by atoms with Gasteiger partial charge in [0.05, 0.1) is 18.0 Å². The summed E-state index contributed by atoms with van der Waals surface area (Å²) in [6.45, 7) is 2.95. The van der Waals surface area contributed by atoms with Gasteiger partial charge in [0.25, 0.3) is 5.69 Å². The zero-order valence-corrected chi connectivity index (χ0v) is 9.26. The van der Waals surface area contributed by atoms with Crippen LogP contribution in [0.5, 0.6) is 5.88 Å². The van der Waals surface area contributed by atoms with Gasteiger partial charge in [-0.05, 0) is 13.8 Å². The van der Waals surface area contributed by atoms with E-state index in [1.54, 1.807) is 6.92 Å². The summed E-state index contributed by atoms with van der Waals surface area (Å²) in [5, 5.41) is 10.8. The standard InChI is InChI=1S/C10H12N2O4/c1-6(7(2)13)10-8(12(14)15)4-5-9(11-10)16-3/h4-6H,1-3H3. The maximum Gasteiger partial charge on any atom is 0.291 e. The van der Waals surface area contributed by atoms with E-state index in [4.69, 9.17) is 4.74 Å². The van der Waals surface area contributed by atoms with E-state index in [0.717, 1.165) is 0 Å². The van der Waals surface area contributed by atoms with Crippen LogP contribution in [0.3, 0.4) is 0 Å². The number of ketones is 1. The molecule has 6 nitrogen and oxygen atoms in total. The van der Waals surface area contributed by atoms with Gasteiger partial charge in [-0.25, -0.2) is 4.98 Å². The second-order valence-corrected chi connectivity index (χ2v) is 3.35. The Labute approximate surface area is 92.4 Å². The van der Waals surface area contributed by atoms with Crippen LogP contribution < -0.4 is 4.74 Å². The molecule has 0 aliphatic carbocycles. The fourth-order valence-electron chi connectivity index (χ4n) is 1.23. The third-order valence-electron chi connectivity index (χ3n) is 2.30. The first-order chi connectivity index (χ1) is 7.47. The van der Waals surface area contributed by atoms with Crippen LogP contribution in [-0.4, -0.2) is 22.8 Å². The average molecular weight is 224 g/mol. The van der Waals surface area contributed by atoms with Crippen molar-refractivity contribution in [2.24, 2.45) is 0 Å². The van der Waals surface area contributed by atoms with Crippen molar-refractivity contribution >= 4 is 11.5 Å². The molecule has 0 fully saturated rings. The maximum absolute atomic E-state index is 11.2. The number of hydrogen-bond donors (Lipinski definition) is 0. The fourth-order valence-corrected chi connectivity index (χ4v) is 1.23. The number of ether oxygens (including phenoxy) is 1. The van der Waals surface area contributed by atoms with Gasteiger partial charge in [-0.2, -0.15) is 0 Å². The lowest BCUT2D eigenvalue weighted by atomic mass is 10.0. The van der Waals surface area contributed by atoms with Crippen molar-refractivity contribution < 1.29 is 14.5 Å². The molecular formula is C10H12N2O4. The van der Waals surface area contributed by atoms with E-state index in [9.17, 15) is 14.9 Å². The van der Waals surface area contributed by atoms with Crippen LogP contribution in [-0.2, 0) is 4.79 Å². The van der Waals surface area contributed by atoms with Crippen molar-refractivity contribution in [1.82, 2.24) is 4.98 Å². The molecule has 1 atom stereocenters. The molecular weight excluding hydrogens is 212 g/mol. The lowest BCUT2D eigenvalue weighted by molar-refractivity contribution is -0.386. The van der Waals surface area contributed by atoms with Crippen molar-refractivity contribution in [3.8, 4) is 5.88 Å². The Kier molecular flexibility index (Phi) is 3.55. The van der Waals surface area contributed by atoms with Gasteiger partial charge in [-0.1, -0.05) is 0 Å². The molecule has 86 valence electrons. The molecule has 16 heavy (non-hydrogen) atoms. The molecule has 0 bridgehead atoms. The predicted octanol–water partition coefficient (Wildman–Crippen LogP) is 1.69. The van der Waals surface area contributed by atoms with Gasteiger partial charge in [0.1, 0.15) is 11.5 Å². The summed E-state index contributed by atoms with van der Waals surface area (Å²) in [6, 6.07) is 2.69. The van der Waals surface area contributed by atoms with Crippen LogP contribution >= 0.6 is 0 Å². The van der Waals surface area contributed by atoms with E-state index < -0.39 is 10.8 Å². The summed E-state index contributed by atoms with van der Waals surface area (Å²) in [5.74, 6) is -0.534. The highest BCUT2D eigenvalue weighted by atomic mass is 16.6. The van der Waals surface area contributed by atoms with Gasteiger partial charge in [0, 0.05) is 12.1 Å². The zero-order valence-electron chi connectivity index (χ0n) is 9.26. The first kappa shape index (κ1) is 12.1. The Morgan fingerprint density at radius 3 is 2.62 bits per heavy atom. The molecule has 0 saturated heterocycles. The Balaban J connectivity index is 3.30. The number of nitrogens with zero attached hydrogens (tertiary/aromatic N) is 2. The maximum atomic E-state index is 11.2. The third kappa shape index (κ3) is 2.33. The number of nitro groups is 1. The topological polar surface area (TPSA) is 82.3 Å². The van der Waals surface area contributed by atoms with Crippen molar-refractivity contribution in [1.29, 1.82) is 0 Å². The first-order valence-electron chi connectivity index (χ1n) is 4.67. The second-order valence-electron chi connectivity index (χ2n) is 3.35. The molecule has 0 N–H and O–H groups in total. The van der Waals surface area contributed by atoms with Crippen LogP contribution in [0.15, 0.2) is 12.1 Å². The van der Waals surface area contributed by atoms with Crippen molar-refractivity contribution in [2.75, 3.05) is 7.11 Å². The number of carbonyl (C=O) groups excluding carboxylic acids is 1. The molecule has 1 aromatic heterocycles. The summed E-state index contributed by atoms with van der Waals surface area (Å²) in [5.41, 5.74) is -0.0275. The first-order valence-corrected chi connectivity index (χ1v) is 4.67. The zero-order chi connectivity index (χ0) is 12.3. The SMILES string of the molecule is COc1ccc([N+](=O)[O-])c(C(C)C(C)=O)n1. The van der Waals surface area contributed by atoms with E-state index >= 15 is 0 Å². The van der Waals surface area contributed by atoms with Crippen molar-refractivity contribution in [2.45, 2.75) is 19.8 Å². The molecule has 1 aromatic rings. The molecule has 0 aliphatic rings. The van der Waals surface area contributed by atoms with Gasteiger partial charge >= 0.3 is 0 Å².